The van der Waals surface area contributed by atoms with E-state index >= 15 is 0 Å². The van der Waals surface area contributed by atoms with Crippen LogP contribution < -0.4 is 4.74 Å². The molecule has 0 aliphatic heterocycles. The van der Waals surface area contributed by atoms with E-state index in [1.54, 1.807) is 7.11 Å². The van der Waals surface area contributed by atoms with Crippen LogP contribution in [0.5, 0.6) is 5.75 Å². The summed E-state index contributed by atoms with van der Waals surface area (Å²) in [5, 5.41) is 0. The Morgan fingerprint density at radius 1 is 1.07 bits per heavy atom. The first-order valence-electron chi connectivity index (χ1n) is 10.3. The van der Waals surface area contributed by atoms with Crippen LogP contribution in [-0.2, 0) is 6.42 Å². The number of hydrogen-bond acceptors (Lipinski definition) is 2. The van der Waals surface area contributed by atoms with Crippen molar-refractivity contribution < 1.29 is 4.74 Å². The number of methoxy groups -OCH3 is 1. The van der Waals surface area contributed by atoms with Crippen molar-refractivity contribution in [2.45, 2.75) is 65.2 Å². The molecule has 2 heterocycles. The summed E-state index contributed by atoms with van der Waals surface area (Å²) in [4.78, 5) is 5.18. The third-order valence-corrected chi connectivity index (χ3v) is 7.47. The van der Waals surface area contributed by atoms with Gasteiger partial charge in [-0.15, -0.1) is 0 Å². The predicted octanol–water partition coefficient (Wildman–Crippen LogP) is 6.67. The van der Waals surface area contributed by atoms with Gasteiger partial charge in [0.1, 0.15) is 11.4 Å². The van der Waals surface area contributed by atoms with Crippen molar-refractivity contribution in [1.29, 1.82) is 0 Å². The minimum absolute atomic E-state index is 0.584. The minimum atomic E-state index is 0.584. The molecule has 0 spiro atoms. The number of aromatic nitrogens is 2. The molecule has 1 aromatic carbocycles. The van der Waals surface area contributed by atoms with E-state index in [2.05, 4.69) is 65.4 Å². The Hall–Kier alpha value is -1.81. The lowest BCUT2D eigenvalue weighted by Crippen LogP contribution is -2.09. The zero-order valence-corrected chi connectivity index (χ0v) is 18.9. The molecule has 0 unspecified atom stereocenters. The van der Waals surface area contributed by atoms with Crippen LogP contribution in [0.4, 0.5) is 0 Å². The van der Waals surface area contributed by atoms with Crippen LogP contribution >= 0.6 is 15.9 Å². The fraction of sp³-hybridized carbons (Fsp3) is 0.458. The molecule has 2 aromatic heterocycles. The Morgan fingerprint density at radius 3 is 2.50 bits per heavy atom. The van der Waals surface area contributed by atoms with E-state index in [4.69, 9.17) is 9.72 Å². The van der Waals surface area contributed by atoms with Crippen molar-refractivity contribution in [3.05, 3.63) is 62.5 Å². The lowest BCUT2D eigenvalue weighted by Gasteiger charge is -2.21. The third kappa shape index (κ3) is 3.47. The fourth-order valence-corrected chi connectivity index (χ4v) is 4.94. The zero-order chi connectivity index (χ0) is 19.8. The zero-order valence-electron chi connectivity index (χ0n) is 17.3. The molecule has 28 heavy (non-hydrogen) atoms. The molecule has 3 aromatic rings. The highest BCUT2D eigenvalue weighted by molar-refractivity contribution is 9.10. The molecule has 4 rings (SSSR count). The summed E-state index contributed by atoms with van der Waals surface area (Å²) in [6.45, 7) is 6.52. The molecule has 148 valence electrons. The monoisotopic (exact) mass is 440 g/mol. The summed E-state index contributed by atoms with van der Waals surface area (Å²) in [6.07, 6.45) is 7.43. The molecule has 1 saturated carbocycles. The van der Waals surface area contributed by atoms with Gasteiger partial charge in [0.25, 0.3) is 0 Å². The molecule has 4 heteroatoms. The molecular formula is C24H29BrN2O. The van der Waals surface area contributed by atoms with Crippen LogP contribution in [0.2, 0.25) is 0 Å². The van der Waals surface area contributed by atoms with Gasteiger partial charge in [0.15, 0.2) is 0 Å². The molecule has 3 nitrogen and oxygen atoms in total. The topological polar surface area (TPSA) is 26.5 Å². The van der Waals surface area contributed by atoms with Crippen molar-refractivity contribution in [3.63, 3.8) is 0 Å². The van der Waals surface area contributed by atoms with Crippen LogP contribution in [0.25, 0.3) is 5.65 Å². The number of halogens is 1. The maximum Gasteiger partial charge on any atom is 0.137 e. The van der Waals surface area contributed by atoms with Crippen molar-refractivity contribution in [3.8, 4) is 5.75 Å². The molecule has 1 aliphatic carbocycles. The van der Waals surface area contributed by atoms with Crippen LogP contribution in [0.15, 0.2) is 28.7 Å². The van der Waals surface area contributed by atoms with Gasteiger partial charge in [-0.3, -0.25) is 4.40 Å². The number of aryl methyl sites for hydroxylation is 3. The first-order chi connectivity index (χ1) is 13.5. The molecule has 0 saturated heterocycles. The number of imidazole rings is 1. The standard InChI is InChI=1S/C24H29BrN2O/c1-15-12-20(28-4)11-10-19(15)14-21-24(18-8-6-5-7-9-18)26-22-13-16(2)23(25)17(3)27(21)22/h10-13,18H,5-9,14H2,1-4H3. The molecule has 0 atom stereocenters. The second-order valence-electron chi connectivity index (χ2n) is 8.17. The van der Waals surface area contributed by atoms with Crippen molar-refractivity contribution in [2.24, 2.45) is 0 Å². The lowest BCUT2D eigenvalue weighted by atomic mass is 9.85. The van der Waals surface area contributed by atoms with Gasteiger partial charge in [-0.1, -0.05) is 25.3 Å². The highest BCUT2D eigenvalue weighted by Crippen LogP contribution is 2.37. The van der Waals surface area contributed by atoms with Crippen molar-refractivity contribution in [1.82, 2.24) is 9.38 Å². The highest BCUT2D eigenvalue weighted by Gasteiger charge is 2.25. The van der Waals surface area contributed by atoms with Gasteiger partial charge in [-0.2, -0.15) is 0 Å². The molecule has 0 bridgehead atoms. The number of hydrogen-bond donors (Lipinski definition) is 0. The maximum absolute atomic E-state index is 5.40. The number of pyridine rings is 1. The number of ether oxygens (including phenoxy) is 1. The van der Waals surface area contributed by atoms with E-state index in [1.807, 2.05) is 0 Å². The number of fused-ring (bicyclic) bond motifs is 1. The van der Waals surface area contributed by atoms with Crippen LogP contribution in [0, 0.1) is 20.8 Å². The Labute approximate surface area is 176 Å². The van der Waals surface area contributed by atoms with E-state index in [0.29, 0.717) is 5.92 Å². The number of benzene rings is 1. The summed E-state index contributed by atoms with van der Waals surface area (Å²) in [7, 11) is 1.73. The van der Waals surface area contributed by atoms with Gasteiger partial charge >= 0.3 is 0 Å². The number of rotatable bonds is 4. The second kappa shape index (κ2) is 7.90. The average molecular weight is 441 g/mol. The molecular weight excluding hydrogens is 412 g/mol. The van der Waals surface area contributed by atoms with Gasteiger partial charge in [-0.05, 0) is 84.4 Å². The van der Waals surface area contributed by atoms with Gasteiger partial charge < -0.3 is 4.74 Å². The number of nitrogens with zero attached hydrogens (tertiary/aromatic N) is 2. The van der Waals surface area contributed by atoms with E-state index in [-0.39, 0.29) is 0 Å². The normalized spacial score (nSPS) is 15.3. The predicted molar refractivity (Wildman–Crippen MR) is 119 cm³/mol. The maximum atomic E-state index is 5.40. The second-order valence-corrected chi connectivity index (χ2v) is 8.96. The minimum Gasteiger partial charge on any atom is -0.497 e. The summed E-state index contributed by atoms with van der Waals surface area (Å²) < 4.78 is 8.96. The lowest BCUT2D eigenvalue weighted by molar-refractivity contribution is 0.414. The molecule has 1 fully saturated rings. The quantitative estimate of drug-likeness (QED) is 0.452. The Balaban J connectivity index is 1.87. The first kappa shape index (κ1) is 19.5. The smallest absolute Gasteiger partial charge is 0.137 e. The summed E-state index contributed by atoms with van der Waals surface area (Å²) in [6, 6.07) is 8.62. The SMILES string of the molecule is COc1ccc(Cc2c(C3CCCCC3)nc3cc(C)c(Br)c(C)n23)c(C)c1. The van der Waals surface area contributed by atoms with Crippen molar-refractivity contribution >= 4 is 21.6 Å². The first-order valence-corrected chi connectivity index (χ1v) is 11.1. The molecule has 0 radical (unpaired) electrons. The molecule has 1 aliphatic rings. The van der Waals surface area contributed by atoms with Gasteiger partial charge in [-0.25, -0.2) is 4.98 Å². The highest BCUT2D eigenvalue weighted by atomic mass is 79.9. The molecule has 0 amide bonds. The molecule has 0 N–H and O–H groups in total. The fourth-order valence-electron chi connectivity index (χ4n) is 4.65. The third-order valence-electron chi connectivity index (χ3n) is 6.27. The van der Waals surface area contributed by atoms with Crippen LogP contribution in [0.1, 0.15) is 71.8 Å². The Morgan fingerprint density at radius 2 is 1.82 bits per heavy atom. The van der Waals surface area contributed by atoms with E-state index in [0.717, 1.165) is 17.8 Å². The summed E-state index contributed by atoms with van der Waals surface area (Å²) in [5.41, 5.74) is 8.86. The Kier molecular flexibility index (Phi) is 5.50. The van der Waals surface area contributed by atoms with Gasteiger partial charge in [0.2, 0.25) is 0 Å². The average Bonchev–Trinajstić information content (AvgIpc) is 3.06. The van der Waals surface area contributed by atoms with E-state index in [1.165, 1.54) is 70.3 Å². The van der Waals surface area contributed by atoms with Gasteiger partial charge in [0, 0.05) is 22.5 Å². The Bertz CT molecular complexity index is 1020. The van der Waals surface area contributed by atoms with E-state index in [9.17, 15) is 0 Å². The van der Waals surface area contributed by atoms with E-state index < -0.39 is 0 Å². The largest absolute Gasteiger partial charge is 0.497 e. The van der Waals surface area contributed by atoms with Crippen molar-refractivity contribution in [2.75, 3.05) is 7.11 Å². The van der Waals surface area contributed by atoms with Crippen LogP contribution in [-0.4, -0.2) is 16.5 Å². The summed E-state index contributed by atoms with van der Waals surface area (Å²) >= 11 is 3.79. The summed E-state index contributed by atoms with van der Waals surface area (Å²) in [5.74, 6) is 1.50. The van der Waals surface area contributed by atoms with Crippen LogP contribution in [0.3, 0.4) is 0 Å². The van der Waals surface area contributed by atoms with Gasteiger partial charge in [0.05, 0.1) is 18.5 Å².